The Morgan fingerprint density at radius 1 is 1.26 bits per heavy atom. The molecular weight excluding hydrogens is 234 g/mol. The number of nitrogens with one attached hydrogen (secondary N) is 1. The van der Waals surface area contributed by atoms with Gasteiger partial charge in [-0.15, -0.1) is 0 Å². The van der Waals surface area contributed by atoms with Gasteiger partial charge in [-0.05, 0) is 44.9 Å². The minimum atomic E-state index is -0.393. The van der Waals surface area contributed by atoms with E-state index < -0.39 is 5.54 Å². The van der Waals surface area contributed by atoms with Crippen molar-refractivity contribution < 1.29 is 0 Å². The highest BCUT2D eigenvalue weighted by Crippen LogP contribution is 2.37. The molecule has 1 aromatic carbocycles. The van der Waals surface area contributed by atoms with Gasteiger partial charge in [0.05, 0.1) is 6.07 Å². The third-order valence-corrected chi connectivity index (χ3v) is 4.59. The van der Waals surface area contributed by atoms with Crippen LogP contribution >= 0.6 is 0 Å². The second-order valence-electron chi connectivity index (χ2n) is 5.87. The average Bonchev–Trinajstić information content (AvgIpc) is 2.81. The van der Waals surface area contributed by atoms with E-state index in [2.05, 4.69) is 47.5 Å². The number of nitrogens with zero attached hydrogens (tertiary/aromatic N) is 2. The molecule has 2 fully saturated rings. The summed E-state index contributed by atoms with van der Waals surface area (Å²) in [6.45, 7) is 4.29. The molecule has 3 heteroatoms. The molecule has 0 spiro atoms. The van der Waals surface area contributed by atoms with Gasteiger partial charge < -0.3 is 5.32 Å². The van der Waals surface area contributed by atoms with Gasteiger partial charge in [0.15, 0.2) is 0 Å². The van der Waals surface area contributed by atoms with Crippen LogP contribution in [-0.4, -0.2) is 29.6 Å². The third-order valence-electron chi connectivity index (χ3n) is 4.59. The molecule has 2 aliphatic rings. The molecule has 2 unspecified atom stereocenters. The summed E-state index contributed by atoms with van der Waals surface area (Å²) in [6.07, 6.45) is 4.61. The zero-order chi connectivity index (χ0) is 13.3. The first-order valence-electron chi connectivity index (χ1n) is 7.24. The van der Waals surface area contributed by atoms with Crippen molar-refractivity contribution in [3.63, 3.8) is 0 Å². The number of anilines is 1. The van der Waals surface area contributed by atoms with Crippen molar-refractivity contribution in [2.45, 2.75) is 44.2 Å². The monoisotopic (exact) mass is 255 g/mol. The normalized spacial score (nSPS) is 30.6. The van der Waals surface area contributed by atoms with Crippen LogP contribution in [0.5, 0.6) is 0 Å². The summed E-state index contributed by atoms with van der Waals surface area (Å²) in [5, 5.41) is 13.3. The van der Waals surface area contributed by atoms with Crippen molar-refractivity contribution in [2.75, 3.05) is 18.4 Å². The molecule has 1 aromatic rings. The first-order chi connectivity index (χ1) is 9.23. The lowest BCUT2D eigenvalue weighted by atomic mass is 9.86. The van der Waals surface area contributed by atoms with Crippen LogP contribution < -0.4 is 5.32 Å². The minimum Gasteiger partial charge on any atom is -0.366 e. The number of hydrogen-bond acceptors (Lipinski definition) is 3. The lowest BCUT2D eigenvalue weighted by Gasteiger charge is -2.37. The van der Waals surface area contributed by atoms with Gasteiger partial charge in [0.1, 0.15) is 5.54 Å². The summed E-state index contributed by atoms with van der Waals surface area (Å²) in [5.74, 6) is 0. The molecule has 1 N–H and O–H groups in total. The molecule has 0 aliphatic carbocycles. The Bertz CT molecular complexity index is 488. The van der Waals surface area contributed by atoms with E-state index in [1.807, 2.05) is 0 Å². The van der Waals surface area contributed by atoms with Gasteiger partial charge in [-0.1, -0.05) is 24.1 Å². The fraction of sp³-hybridized carbons (Fsp3) is 0.562. The first-order valence-corrected chi connectivity index (χ1v) is 7.24. The number of aryl methyl sites for hydroxylation is 1. The van der Waals surface area contributed by atoms with Crippen molar-refractivity contribution in [3.05, 3.63) is 29.8 Å². The number of benzene rings is 1. The van der Waals surface area contributed by atoms with Gasteiger partial charge >= 0.3 is 0 Å². The topological polar surface area (TPSA) is 39.1 Å². The zero-order valence-corrected chi connectivity index (χ0v) is 11.5. The van der Waals surface area contributed by atoms with Crippen molar-refractivity contribution in [3.8, 4) is 6.07 Å². The van der Waals surface area contributed by atoms with Crippen LogP contribution in [0.3, 0.4) is 0 Å². The van der Waals surface area contributed by atoms with Gasteiger partial charge in [-0.25, -0.2) is 0 Å². The fourth-order valence-corrected chi connectivity index (χ4v) is 3.50. The molecule has 0 bridgehead atoms. The molecule has 0 amide bonds. The molecule has 2 saturated heterocycles. The molecule has 100 valence electrons. The number of piperidine rings is 1. The van der Waals surface area contributed by atoms with E-state index in [0.29, 0.717) is 6.04 Å². The maximum absolute atomic E-state index is 9.73. The highest BCUT2D eigenvalue weighted by molar-refractivity contribution is 5.50. The van der Waals surface area contributed by atoms with Crippen LogP contribution in [0.25, 0.3) is 0 Å². The quantitative estimate of drug-likeness (QED) is 0.883. The van der Waals surface area contributed by atoms with Crippen molar-refractivity contribution >= 4 is 5.69 Å². The van der Waals surface area contributed by atoms with E-state index in [0.717, 1.165) is 31.6 Å². The Morgan fingerprint density at radius 3 is 2.79 bits per heavy atom. The van der Waals surface area contributed by atoms with Crippen molar-refractivity contribution in [2.24, 2.45) is 0 Å². The second-order valence-corrected chi connectivity index (χ2v) is 5.87. The van der Waals surface area contributed by atoms with E-state index in [1.165, 1.54) is 18.4 Å². The fourth-order valence-electron chi connectivity index (χ4n) is 3.50. The molecule has 0 radical (unpaired) electrons. The zero-order valence-electron chi connectivity index (χ0n) is 11.5. The smallest absolute Gasteiger partial charge is 0.142 e. The molecule has 3 rings (SSSR count). The van der Waals surface area contributed by atoms with Crippen LogP contribution in [0, 0.1) is 18.3 Å². The van der Waals surface area contributed by atoms with Crippen LogP contribution in [-0.2, 0) is 0 Å². The Labute approximate surface area is 115 Å². The molecular formula is C16H21N3. The molecule has 0 aromatic heterocycles. The minimum absolute atomic E-state index is 0.382. The second kappa shape index (κ2) is 4.86. The number of rotatable bonds is 2. The highest BCUT2D eigenvalue weighted by atomic mass is 15.3. The summed E-state index contributed by atoms with van der Waals surface area (Å²) in [5.41, 5.74) is 1.93. The molecule has 2 heterocycles. The SMILES string of the molecule is Cc1ccc(NC2(C#N)CCN3CCCCC32)cc1. The Morgan fingerprint density at radius 2 is 2.05 bits per heavy atom. The lowest BCUT2D eigenvalue weighted by molar-refractivity contribution is 0.180. The van der Waals surface area contributed by atoms with Gasteiger partial charge in [0.2, 0.25) is 0 Å². The van der Waals surface area contributed by atoms with Crippen LogP contribution in [0.15, 0.2) is 24.3 Å². The van der Waals surface area contributed by atoms with Gasteiger partial charge in [-0.3, -0.25) is 4.90 Å². The largest absolute Gasteiger partial charge is 0.366 e. The van der Waals surface area contributed by atoms with Crippen LogP contribution in [0.2, 0.25) is 0 Å². The van der Waals surface area contributed by atoms with E-state index in [9.17, 15) is 5.26 Å². The number of fused-ring (bicyclic) bond motifs is 1. The number of nitriles is 1. The molecule has 19 heavy (non-hydrogen) atoms. The van der Waals surface area contributed by atoms with Gasteiger partial charge in [0, 0.05) is 18.3 Å². The highest BCUT2D eigenvalue weighted by Gasteiger charge is 2.48. The average molecular weight is 255 g/mol. The summed E-state index contributed by atoms with van der Waals surface area (Å²) >= 11 is 0. The van der Waals surface area contributed by atoms with Crippen LogP contribution in [0.1, 0.15) is 31.2 Å². The lowest BCUT2D eigenvalue weighted by Crippen LogP contribution is -2.50. The Hall–Kier alpha value is -1.53. The predicted octanol–water partition coefficient (Wildman–Crippen LogP) is 2.93. The maximum Gasteiger partial charge on any atom is 0.142 e. The van der Waals surface area contributed by atoms with Gasteiger partial charge in [0.25, 0.3) is 0 Å². The molecule has 0 saturated carbocycles. The summed E-state index contributed by atoms with van der Waals surface area (Å²) < 4.78 is 0. The summed E-state index contributed by atoms with van der Waals surface area (Å²) in [4.78, 5) is 2.49. The van der Waals surface area contributed by atoms with E-state index in [1.54, 1.807) is 0 Å². The van der Waals surface area contributed by atoms with E-state index in [-0.39, 0.29) is 0 Å². The molecule has 2 aliphatic heterocycles. The maximum atomic E-state index is 9.73. The van der Waals surface area contributed by atoms with E-state index >= 15 is 0 Å². The van der Waals surface area contributed by atoms with Crippen molar-refractivity contribution in [1.82, 2.24) is 4.90 Å². The number of hydrogen-bond donors (Lipinski definition) is 1. The molecule has 2 atom stereocenters. The standard InChI is InChI=1S/C16H21N3/c1-13-5-7-14(8-6-13)18-16(12-17)9-11-19-10-3-2-4-15(16)19/h5-8,15,18H,2-4,9-11H2,1H3. The van der Waals surface area contributed by atoms with Gasteiger partial charge in [-0.2, -0.15) is 5.26 Å². The van der Waals surface area contributed by atoms with Crippen molar-refractivity contribution in [1.29, 1.82) is 5.26 Å². The summed E-state index contributed by atoms with van der Waals surface area (Å²) in [7, 11) is 0. The predicted molar refractivity (Wildman–Crippen MR) is 77.0 cm³/mol. The Kier molecular flexibility index (Phi) is 3.20. The van der Waals surface area contributed by atoms with E-state index in [4.69, 9.17) is 0 Å². The summed E-state index contributed by atoms with van der Waals surface area (Å²) in [6, 6.07) is 11.3. The Balaban J connectivity index is 1.83. The third kappa shape index (κ3) is 2.21. The van der Waals surface area contributed by atoms with Crippen LogP contribution in [0.4, 0.5) is 5.69 Å². The first kappa shape index (κ1) is 12.5. The molecule has 3 nitrogen and oxygen atoms in total.